The highest BCUT2D eigenvalue weighted by Gasteiger charge is 2.49. The third kappa shape index (κ3) is 6.16. The van der Waals surface area contributed by atoms with E-state index in [1.54, 1.807) is 69.5 Å². The number of nitrogens with zero attached hydrogens (tertiary/aromatic N) is 2. The zero-order valence-corrected chi connectivity index (χ0v) is 25.2. The summed E-state index contributed by atoms with van der Waals surface area (Å²) in [5, 5.41) is 2.83. The number of ether oxygens (including phenoxy) is 1. The molecule has 2 heterocycles. The van der Waals surface area contributed by atoms with Crippen LogP contribution in [0.3, 0.4) is 0 Å². The second-order valence-electron chi connectivity index (χ2n) is 11.0. The minimum atomic E-state index is -6.05. The van der Waals surface area contributed by atoms with Crippen molar-refractivity contribution in [2.24, 2.45) is 0 Å². The van der Waals surface area contributed by atoms with Crippen LogP contribution in [0.2, 0.25) is 0 Å². The lowest BCUT2D eigenvalue weighted by molar-refractivity contribution is -0.0501. The van der Waals surface area contributed by atoms with Crippen LogP contribution in [0.15, 0.2) is 64.2 Å². The van der Waals surface area contributed by atoms with Crippen molar-refractivity contribution >= 4 is 39.1 Å². The number of alkyl halides is 3. The highest BCUT2D eigenvalue weighted by molar-refractivity contribution is 7.98. The van der Waals surface area contributed by atoms with Crippen molar-refractivity contribution in [1.29, 1.82) is 0 Å². The minimum Gasteiger partial charge on any atom is -0.444 e. The third-order valence-corrected chi connectivity index (χ3v) is 8.35. The van der Waals surface area contributed by atoms with E-state index in [0.717, 1.165) is 23.7 Å². The molecule has 228 valence electrons. The first-order valence-corrected chi connectivity index (χ1v) is 15.8. The molecular weight excluding hydrogens is 607 g/mol. The molecule has 2 aromatic carbocycles. The molecule has 4 aromatic rings. The molecule has 1 N–H and O–H groups in total. The van der Waals surface area contributed by atoms with Gasteiger partial charge in [-0.05, 0) is 57.4 Å². The molecule has 2 aromatic heterocycles. The molecule has 1 aliphatic carbocycles. The van der Waals surface area contributed by atoms with E-state index in [9.17, 15) is 26.4 Å². The first-order valence-electron chi connectivity index (χ1n) is 13.2. The van der Waals surface area contributed by atoms with Gasteiger partial charge in [0, 0.05) is 11.1 Å². The number of halogens is 3. The Bertz CT molecular complexity index is 1760. The summed E-state index contributed by atoms with van der Waals surface area (Å²) in [6.45, 7) is 5.36. The van der Waals surface area contributed by atoms with Crippen molar-refractivity contribution in [2.45, 2.75) is 61.8 Å². The van der Waals surface area contributed by atoms with Gasteiger partial charge >= 0.3 is 21.7 Å². The van der Waals surface area contributed by atoms with Gasteiger partial charge in [0.05, 0.1) is 5.54 Å². The zero-order valence-electron chi connectivity index (χ0n) is 23.6. The SMILES string of the molecule is CSc1nc(OS(=O)(=O)C(F)(F)F)c2c(-c3ccccc3)c(-c3ccc(C4(NC(=O)OC(C)(C)C)CCC4)cc3)oc2n1. The van der Waals surface area contributed by atoms with Crippen molar-refractivity contribution < 1.29 is 39.7 Å². The fourth-order valence-corrected chi connectivity index (χ4v) is 5.56. The molecule has 1 amide bonds. The maximum Gasteiger partial charge on any atom is 0.534 e. The lowest BCUT2D eigenvalue weighted by Crippen LogP contribution is -2.52. The van der Waals surface area contributed by atoms with Crippen LogP contribution in [0.5, 0.6) is 5.88 Å². The predicted molar refractivity (Wildman–Crippen MR) is 155 cm³/mol. The quantitative estimate of drug-likeness (QED) is 0.0958. The lowest BCUT2D eigenvalue weighted by Gasteiger charge is -2.43. The number of amides is 1. The van der Waals surface area contributed by atoms with E-state index >= 15 is 0 Å². The van der Waals surface area contributed by atoms with Gasteiger partial charge in [-0.3, -0.25) is 0 Å². The Morgan fingerprint density at radius 1 is 1.00 bits per heavy atom. The molecule has 0 spiro atoms. The van der Waals surface area contributed by atoms with E-state index in [-0.39, 0.29) is 27.6 Å². The van der Waals surface area contributed by atoms with Gasteiger partial charge in [-0.1, -0.05) is 66.4 Å². The van der Waals surface area contributed by atoms with E-state index in [1.165, 1.54) is 0 Å². The van der Waals surface area contributed by atoms with Crippen LogP contribution in [0, 0.1) is 0 Å². The number of hydrogen-bond donors (Lipinski definition) is 1. The summed E-state index contributed by atoms with van der Waals surface area (Å²) in [6, 6.07) is 15.8. The zero-order chi connectivity index (χ0) is 31.2. The van der Waals surface area contributed by atoms with Crippen LogP contribution in [-0.2, 0) is 20.4 Å². The first kappa shape index (κ1) is 30.7. The van der Waals surface area contributed by atoms with Crippen molar-refractivity contribution in [2.75, 3.05) is 6.26 Å². The largest absolute Gasteiger partial charge is 0.534 e. The molecule has 0 radical (unpaired) electrons. The van der Waals surface area contributed by atoms with E-state index in [0.29, 0.717) is 24.0 Å². The Balaban J connectivity index is 1.63. The lowest BCUT2D eigenvalue weighted by atomic mass is 9.71. The molecule has 1 fully saturated rings. The molecule has 0 atom stereocenters. The summed E-state index contributed by atoms with van der Waals surface area (Å²) in [6.07, 6.45) is 3.40. The molecule has 1 saturated carbocycles. The van der Waals surface area contributed by atoms with Crippen LogP contribution in [0.4, 0.5) is 18.0 Å². The van der Waals surface area contributed by atoms with Gasteiger partial charge in [-0.25, -0.2) is 4.79 Å². The molecule has 14 heteroatoms. The fourth-order valence-electron chi connectivity index (χ4n) is 4.79. The summed E-state index contributed by atoms with van der Waals surface area (Å²) < 4.78 is 80.1. The number of nitrogens with one attached hydrogen (secondary N) is 1. The Labute approximate surface area is 250 Å². The van der Waals surface area contributed by atoms with Gasteiger partial charge in [0.25, 0.3) is 0 Å². The Hall–Kier alpha value is -3.78. The minimum absolute atomic E-state index is 0.0460. The average Bonchev–Trinajstić information content (AvgIpc) is 3.29. The number of benzene rings is 2. The van der Waals surface area contributed by atoms with Crippen molar-refractivity contribution in [3.8, 4) is 28.3 Å². The van der Waals surface area contributed by atoms with E-state index in [1.807, 2.05) is 12.1 Å². The highest BCUT2D eigenvalue weighted by Crippen LogP contribution is 2.46. The van der Waals surface area contributed by atoms with Crippen molar-refractivity contribution in [3.63, 3.8) is 0 Å². The maximum atomic E-state index is 13.3. The Kier molecular flexibility index (Phi) is 7.88. The fraction of sp³-hybridized carbons (Fsp3) is 0.345. The van der Waals surface area contributed by atoms with Crippen molar-refractivity contribution in [1.82, 2.24) is 15.3 Å². The molecule has 43 heavy (non-hydrogen) atoms. The second kappa shape index (κ2) is 11.1. The normalized spacial score (nSPS) is 15.1. The summed E-state index contributed by atoms with van der Waals surface area (Å²) in [4.78, 5) is 20.8. The van der Waals surface area contributed by atoms with Crippen LogP contribution in [0.25, 0.3) is 33.6 Å². The van der Waals surface area contributed by atoms with Crippen LogP contribution in [0.1, 0.15) is 45.6 Å². The number of aromatic nitrogens is 2. The molecule has 5 rings (SSSR count). The molecule has 0 unspecified atom stereocenters. The monoisotopic (exact) mass is 635 g/mol. The van der Waals surface area contributed by atoms with Crippen LogP contribution < -0.4 is 9.50 Å². The number of alkyl carbamates (subject to hydrolysis) is 1. The summed E-state index contributed by atoms with van der Waals surface area (Å²) in [5.41, 5.74) is -4.95. The summed E-state index contributed by atoms with van der Waals surface area (Å²) >= 11 is 0.977. The topological polar surface area (TPSA) is 121 Å². The van der Waals surface area contributed by atoms with Gasteiger partial charge in [-0.15, -0.1) is 0 Å². The van der Waals surface area contributed by atoms with Crippen LogP contribution >= 0.6 is 11.8 Å². The molecule has 1 aliphatic rings. The maximum absolute atomic E-state index is 13.3. The predicted octanol–water partition coefficient (Wildman–Crippen LogP) is 7.41. The smallest absolute Gasteiger partial charge is 0.444 e. The third-order valence-electron chi connectivity index (χ3n) is 6.86. The number of thioether (sulfide) groups is 1. The van der Waals surface area contributed by atoms with Crippen LogP contribution in [-0.4, -0.2) is 41.8 Å². The van der Waals surface area contributed by atoms with Crippen molar-refractivity contribution in [3.05, 3.63) is 60.2 Å². The van der Waals surface area contributed by atoms with E-state index < -0.39 is 38.7 Å². The standard InChI is InChI=1S/C29H28F3N3O6S2/c1-27(2,3)40-26(36)35-28(15-8-16-28)19-13-11-18(12-14-19)22-20(17-9-6-5-7-10-17)21-23(39-22)33-25(42-4)34-24(21)41-43(37,38)29(30,31)32/h5-7,9-14H,8,15-16H2,1-4H3,(H,35,36). The van der Waals surface area contributed by atoms with Gasteiger partial charge in [0.15, 0.2) is 5.16 Å². The molecule has 9 nitrogen and oxygen atoms in total. The van der Waals surface area contributed by atoms with Gasteiger partial charge < -0.3 is 18.7 Å². The number of carbonyl (C=O) groups is 1. The molecular formula is C29H28F3N3O6S2. The van der Waals surface area contributed by atoms with E-state index in [2.05, 4.69) is 19.5 Å². The summed E-state index contributed by atoms with van der Waals surface area (Å²) in [7, 11) is -6.05. The molecule has 0 saturated heterocycles. The molecule has 0 aliphatic heterocycles. The van der Waals surface area contributed by atoms with Gasteiger partial charge in [0.1, 0.15) is 16.7 Å². The Morgan fingerprint density at radius 2 is 1.65 bits per heavy atom. The molecule has 0 bridgehead atoms. The number of hydrogen-bond acceptors (Lipinski definition) is 9. The number of carbonyl (C=O) groups excluding carboxylic acids is 1. The summed E-state index contributed by atoms with van der Waals surface area (Å²) in [5.74, 6) is -0.579. The average molecular weight is 636 g/mol. The first-order chi connectivity index (χ1) is 20.1. The van der Waals surface area contributed by atoms with E-state index in [4.69, 9.17) is 9.15 Å². The highest BCUT2D eigenvalue weighted by atomic mass is 32.2. The number of fused-ring (bicyclic) bond motifs is 1. The van der Waals surface area contributed by atoms with Gasteiger partial charge in [0.2, 0.25) is 11.6 Å². The van der Waals surface area contributed by atoms with Gasteiger partial charge in [-0.2, -0.15) is 31.6 Å². The number of rotatable bonds is 7. The number of furan rings is 1. The Morgan fingerprint density at radius 3 is 2.19 bits per heavy atom. The second-order valence-corrected chi connectivity index (χ2v) is 13.3.